The minimum absolute atomic E-state index is 0.256. The van der Waals surface area contributed by atoms with Crippen molar-refractivity contribution in [3.8, 4) is 0 Å². The summed E-state index contributed by atoms with van der Waals surface area (Å²) in [5.74, 6) is -0.205. The van der Waals surface area contributed by atoms with Crippen molar-refractivity contribution in [1.29, 1.82) is 0 Å². The van der Waals surface area contributed by atoms with Gasteiger partial charge in [0, 0.05) is 15.7 Å². The molecule has 0 aromatic heterocycles. The molecule has 0 saturated heterocycles. The lowest BCUT2D eigenvalue weighted by atomic mass is 10.1. The maximum atomic E-state index is 11.2. The van der Waals surface area contributed by atoms with Gasteiger partial charge < -0.3 is 5.11 Å². The fourth-order valence-corrected chi connectivity index (χ4v) is 3.00. The van der Waals surface area contributed by atoms with Gasteiger partial charge in [0.25, 0.3) is 0 Å². The van der Waals surface area contributed by atoms with Gasteiger partial charge in [-0.2, -0.15) is 0 Å². The Morgan fingerprint density at radius 2 is 2.00 bits per heavy atom. The van der Waals surface area contributed by atoms with Crippen LogP contribution < -0.4 is 0 Å². The SMILES string of the molecule is Cc1ccccc1CSc1ccc(Cl)cc1C(=O)O. The summed E-state index contributed by atoms with van der Waals surface area (Å²) in [4.78, 5) is 11.9. The Balaban J connectivity index is 2.20. The largest absolute Gasteiger partial charge is 0.478 e. The summed E-state index contributed by atoms with van der Waals surface area (Å²) < 4.78 is 0. The third-order valence-corrected chi connectivity index (χ3v) is 4.17. The molecule has 0 unspecified atom stereocenters. The van der Waals surface area contributed by atoms with E-state index >= 15 is 0 Å². The van der Waals surface area contributed by atoms with Gasteiger partial charge in [-0.05, 0) is 36.2 Å². The lowest BCUT2D eigenvalue weighted by Gasteiger charge is -2.08. The van der Waals surface area contributed by atoms with Crippen molar-refractivity contribution in [1.82, 2.24) is 0 Å². The van der Waals surface area contributed by atoms with Crippen molar-refractivity contribution in [2.24, 2.45) is 0 Å². The van der Waals surface area contributed by atoms with Crippen LogP contribution in [-0.2, 0) is 5.75 Å². The second-order valence-corrected chi connectivity index (χ2v) is 5.61. The minimum atomic E-state index is -0.949. The Bertz CT molecular complexity index is 611. The van der Waals surface area contributed by atoms with Crippen LogP contribution in [0.25, 0.3) is 0 Å². The summed E-state index contributed by atoms with van der Waals surface area (Å²) in [6.07, 6.45) is 0. The van der Waals surface area contributed by atoms with Gasteiger partial charge in [-0.1, -0.05) is 35.9 Å². The Morgan fingerprint density at radius 3 is 2.68 bits per heavy atom. The van der Waals surface area contributed by atoms with Crippen LogP contribution in [0, 0.1) is 6.92 Å². The van der Waals surface area contributed by atoms with E-state index in [-0.39, 0.29) is 5.56 Å². The lowest BCUT2D eigenvalue weighted by Crippen LogP contribution is -1.99. The molecule has 19 heavy (non-hydrogen) atoms. The predicted molar refractivity (Wildman–Crippen MR) is 79.2 cm³/mol. The van der Waals surface area contributed by atoms with Crippen LogP contribution in [0.1, 0.15) is 21.5 Å². The highest BCUT2D eigenvalue weighted by Gasteiger charge is 2.11. The molecule has 0 aliphatic rings. The van der Waals surface area contributed by atoms with Crippen molar-refractivity contribution in [3.63, 3.8) is 0 Å². The van der Waals surface area contributed by atoms with Gasteiger partial charge in [-0.25, -0.2) is 4.79 Å². The summed E-state index contributed by atoms with van der Waals surface area (Å²) >= 11 is 7.34. The van der Waals surface area contributed by atoms with E-state index in [0.717, 1.165) is 10.6 Å². The molecule has 0 amide bonds. The van der Waals surface area contributed by atoms with Gasteiger partial charge in [-0.15, -0.1) is 11.8 Å². The minimum Gasteiger partial charge on any atom is -0.478 e. The van der Waals surface area contributed by atoms with E-state index in [9.17, 15) is 4.79 Å². The lowest BCUT2D eigenvalue weighted by molar-refractivity contribution is 0.0693. The van der Waals surface area contributed by atoms with E-state index in [4.69, 9.17) is 16.7 Å². The van der Waals surface area contributed by atoms with Crippen LogP contribution in [0.2, 0.25) is 5.02 Å². The molecule has 2 aromatic carbocycles. The van der Waals surface area contributed by atoms with Crippen LogP contribution in [0.15, 0.2) is 47.4 Å². The number of hydrogen-bond donors (Lipinski definition) is 1. The third-order valence-electron chi connectivity index (χ3n) is 2.82. The number of rotatable bonds is 4. The van der Waals surface area contributed by atoms with Gasteiger partial charge >= 0.3 is 5.97 Å². The van der Waals surface area contributed by atoms with Crippen LogP contribution >= 0.6 is 23.4 Å². The highest BCUT2D eigenvalue weighted by molar-refractivity contribution is 7.98. The molecule has 2 nitrogen and oxygen atoms in total. The summed E-state index contributed by atoms with van der Waals surface area (Å²) in [5, 5.41) is 9.61. The maximum Gasteiger partial charge on any atom is 0.336 e. The third kappa shape index (κ3) is 3.52. The van der Waals surface area contributed by atoms with Gasteiger partial charge in [-0.3, -0.25) is 0 Å². The van der Waals surface area contributed by atoms with Crippen molar-refractivity contribution in [2.45, 2.75) is 17.6 Å². The normalized spacial score (nSPS) is 10.4. The van der Waals surface area contributed by atoms with Crippen molar-refractivity contribution in [2.75, 3.05) is 0 Å². The fourth-order valence-electron chi connectivity index (χ4n) is 1.72. The first-order valence-electron chi connectivity index (χ1n) is 5.78. The maximum absolute atomic E-state index is 11.2. The molecule has 4 heteroatoms. The van der Waals surface area contributed by atoms with E-state index in [1.165, 1.54) is 29.0 Å². The molecule has 0 aliphatic heterocycles. The molecule has 0 atom stereocenters. The second-order valence-electron chi connectivity index (χ2n) is 4.16. The first-order chi connectivity index (χ1) is 9.08. The molecular weight excluding hydrogens is 280 g/mol. The number of carbonyl (C=O) groups is 1. The van der Waals surface area contributed by atoms with Crippen molar-refractivity contribution >= 4 is 29.3 Å². The molecule has 98 valence electrons. The van der Waals surface area contributed by atoms with Crippen molar-refractivity contribution < 1.29 is 9.90 Å². The smallest absolute Gasteiger partial charge is 0.336 e. The monoisotopic (exact) mass is 292 g/mol. The topological polar surface area (TPSA) is 37.3 Å². The van der Waals surface area contributed by atoms with Gasteiger partial charge in [0.05, 0.1) is 5.56 Å². The molecule has 0 spiro atoms. The number of hydrogen-bond acceptors (Lipinski definition) is 2. The van der Waals surface area contributed by atoms with Gasteiger partial charge in [0.2, 0.25) is 0 Å². The highest BCUT2D eigenvalue weighted by Crippen LogP contribution is 2.29. The quantitative estimate of drug-likeness (QED) is 0.834. The molecule has 0 heterocycles. The number of thioether (sulfide) groups is 1. The first-order valence-corrected chi connectivity index (χ1v) is 7.14. The molecule has 2 aromatic rings. The first kappa shape index (κ1) is 14.0. The molecule has 2 rings (SSSR count). The van der Waals surface area contributed by atoms with E-state index in [0.29, 0.717) is 5.02 Å². The summed E-state index contributed by atoms with van der Waals surface area (Å²) in [6.45, 7) is 2.05. The van der Waals surface area contributed by atoms with Crippen LogP contribution in [-0.4, -0.2) is 11.1 Å². The Kier molecular flexibility index (Phi) is 4.51. The van der Waals surface area contributed by atoms with E-state index in [2.05, 4.69) is 19.1 Å². The number of benzene rings is 2. The molecule has 0 radical (unpaired) electrons. The van der Waals surface area contributed by atoms with Crippen LogP contribution in [0.3, 0.4) is 0 Å². The van der Waals surface area contributed by atoms with E-state index in [1.807, 2.05) is 12.1 Å². The van der Waals surface area contributed by atoms with Gasteiger partial charge in [0.15, 0.2) is 0 Å². The zero-order chi connectivity index (χ0) is 13.8. The average molecular weight is 293 g/mol. The number of carboxylic acids is 1. The Labute approximate surface area is 121 Å². The molecule has 0 aliphatic carbocycles. The van der Waals surface area contributed by atoms with E-state index in [1.54, 1.807) is 12.1 Å². The number of carboxylic acid groups (broad SMARTS) is 1. The second kappa shape index (κ2) is 6.13. The summed E-state index contributed by atoms with van der Waals surface area (Å²) in [6, 6.07) is 13.1. The molecular formula is C15H13ClO2S. The van der Waals surface area contributed by atoms with E-state index < -0.39 is 5.97 Å². The number of aryl methyl sites for hydroxylation is 1. The Hall–Kier alpha value is -1.45. The molecule has 0 bridgehead atoms. The molecule has 1 N–H and O–H groups in total. The van der Waals surface area contributed by atoms with Crippen molar-refractivity contribution in [3.05, 3.63) is 64.2 Å². The van der Waals surface area contributed by atoms with Crippen LogP contribution in [0.4, 0.5) is 0 Å². The predicted octanol–water partition coefficient (Wildman–Crippen LogP) is 4.64. The number of aromatic carboxylic acids is 1. The van der Waals surface area contributed by atoms with Crippen LogP contribution in [0.5, 0.6) is 0 Å². The standard InChI is InChI=1S/C15H13ClO2S/c1-10-4-2-3-5-11(10)9-19-14-7-6-12(16)8-13(14)15(17)18/h2-8H,9H2,1H3,(H,17,18). The zero-order valence-corrected chi connectivity index (χ0v) is 12.0. The fraction of sp³-hybridized carbons (Fsp3) is 0.133. The molecule has 0 saturated carbocycles. The summed E-state index contributed by atoms with van der Waals surface area (Å²) in [7, 11) is 0. The van der Waals surface area contributed by atoms with Gasteiger partial charge in [0.1, 0.15) is 0 Å². The highest BCUT2D eigenvalue weighted by atomic mass is 35.5. The average Bonchev–Trinajstić information content (AvgIpc) is 2.38. The summed E-state index contributed by atoms with van der Waals surface area (Å²) in [5.41, 5.74) is 2.67. The Morgan fingerprint density at radius 1 is 1.26 bits per heavy atom. The zero-order valence-electron chi connectivity index (χ0n) is 10.4. The molecule has 0 fully saturated rings. The number of halogens is 1.